The summed E-state index contributed by atoms with van der Waals surface area (Å²) < 4.78 is 34.2. The van der Waals surface area contributed by atoms with Gasteiger partial charge in [0.05, 0.1) is 4.90 Å². The molecule has 0 atom stereocenters. The molecule has 4 rings (SSSR count). The highest BCUT2D eigenvalue weighted by Crippen LogP contribution is 2.28. The summed E-state index contributed by atoms with van der Waals surface area (Å²) in [6.07, 6.45) is 6.36. The molecule has 134 valence electrons. The Bertz CT molecular complexity index is 1020. The largest absolute Gasteiger partial charge is 0.474 e. The molecule has 3 aromatic rings. The van der Waals surface area contributed by atoms with E-state index in [2.05, 4.69) is 15.1 Å². The van der Waals surface area contributed by atoms with Gasteiger partial charge in [0.1, 0.15) is 6.10 Å². The van der Waals surface area contributed by atoms with Crippen molar-refractivity contribution in [2.75, 3.05) is 6.26 Å². The van der Waals surface area contributed by atoms with Crippen molar-refractivity contribution in [3.05, 3.63) is 42.6 Å². The van der Waals surface area contributed by atoms with Gasteiger partial charge in [0, 0.05) is 29.6 Å². The minimum Gasteiger partial charge on any atom is -0.474 e. The van der Waals surface area contributed by atoms with Gasteiger partial charge < -0.3 is 9.26 Å². The normalized spacial score (nSPS) is 14.8. The van der Waals surface area contributed by atoms with E-state index in [4.69, 9.17) is 9.26 Å². The molecule has 1 aromatic carbocycles. The van der Waals surface area contributed by atoms with Gasteiger partial charge in [0.15, 0.2) is 9.84 Å². The fourth-order valence-electron chi connectivity index (χ4n) is 2.58. The van der Waals surface area contributed by atoms with Crippen molar-refractivity contribution in [3.8, 4) is 28.7 Å². The second-order valence-electron chi connectivity index (χ2n) is 6.27. The maximum atomic E-state index is 11.5. The molecule has 0 saturated heterocycles. The predicted molar refractivity (Wildman–Crippen MR) is 94.3 cm³/mol. The quantitative estimate of drug-likeness (QED) is 0.680. The fraction of sp³-hybridized carbons (Fsp3) is 0.278. The predicted octanol–water partition coefficient (Wildman–Crippen LogP) is 3.13. The summed E-state index contributed by atoms with van der Waals surface area (Å²) >= 11 is 0. The molecule has 8 heteroatoms. The molecule has 7 nitrogen and oxygen atoms in total. The molecule has 26 heavy (non-hydrogen) atoms. The van der Waals surface area contributed by atoms with E-state index in [-0.39, 0.29) is 11.0 Å². The summed E-state index contributed by atoms with van der Waals surface area (Å²) in [6.45, 7) is 0. The lowest BCUT2D eigenvalue weighted by molar-refractivity contribution is 0.114. The smallest absolute Gasteiger partial charge is 0.258 e. The average Bonchev–Trinajstić information content (AvgIpc) is 3.08. The summed E-state index contributed by atoms with van der Waals surface area (Å²) in [5.74, 6) is 1.29. The number of rotatable bonds is 5. The number of pyridine rings is 1. The number of nitrogens with zero attached hydrogens (tertiary/aromatic N) is 3. The Morgan fingerprint density at radius 1 is 1.12 bits per heavy atom. The van der Waals surface area contributed by atoms with E-state index in [1.165, 1.54) is 24.8 Å². The van der Waals surface area contributed by atoms with Crippen LogP contribution in [0.1, 0.15) is 19.3 Å². The third-order valence-corrected chi connectivity index (χ3v) is 5.42. The van der Waals surface area contributed by atoms with E-state index in [9.17, 15) is 8.42 Å². The summed E-state index contributed by atoms with van der Waals surface area (Å²) in [7, 11) is -3.24. The van der Waals surface area contributed by atoms with Crippen LogP contribution in [0.3, 0.4) is 0 Å². The molecule has 0 bridgehead atoms. The van der Waals surface area contributed by atoms with E-state index in [0.717, 1.165) is 18.4 Å². The van der Waals surface area contributed by atoms with Gasteiger partial charge in [-0.2, -0.15) is 4.98 Å². The Hall–Kier alpha value is -2.74. The van der Waals surface area contributed by atoms with Gasteiger partial charge in [-0.25, -0.2) is 13.4 Å². The van der Waals surface area contributed by atoms with Crippen molar-refractivity contribution < 1.29 is 17.7 Å². The van der Waals surface area contributed by atoms with Crippen LogP contribution in [0.4, 0.5) is 0 Å². The molecule has 1 fully saturated rings. The minimum absolute atomic E-state index is 0.240. The van der Waals surface area contributed by atoms with Crippen molar-refractivity contribution in [1.29, 1.82) is 0 Å². The number of hydrogen-bond donors (Lipinski definition) is 0. The molecule has 0 N–H and O–H groups in total. The van der Waals surface area contributed by atoms with Gasteiger partial charge in [-0.1, -0.05) is 5.16 Å². The number of sulfone groups is 1. The van der Waals surface area contributed by atoms with Crippen LogP contribution >= 0.6 is 0 Å². The lowest BCUT2D eigenvalue weighted by atomic mass is 9.96. The number of benzene rings is 1. The maximum Gasteiger partial charge on any atom is 0.258 e. The first-order valence-electron chi connectivity index (χ1n) is 8.26. The zero-order valence-electron chi connectivity index (χ0n) is 14.1. The molecule has 2 aromatic heterocycles. The van der Waals surface area contributed by atoms with Crippen LogP contribution in [0.2, 0.25) is 0 Å². The van der Waals surface area contributed by atoms with Crippen LogP contribution in [0.5, 0.6) is 5.88 Å². The van der Waals surface area contributed by atoms with Crippen LogP contribution in [0, 0.1) is 0 Å². The Morgan fingerprint density at radius 2 is 1.88 bits per heavy atom. The maximum absolute atomic E-state index is 11.5. The van der Waals surface area contributed by atoms with Crippen molar-refractivity contribution in [2.45, 2.75) is 30.3 Å². The molecule has 0 spiro atoms. The Balaban J connectivity index is 1.57. The van der Waals surface area contributed by atoms with Gasteiger partial charge in [-0.05, 0) is 49.6 Å². The first-order valence-corrected chi connectivity index (χ1v) is 10.2. The zero-order chi connectivity index (χ0) is 18.1. The molecule has 2 heterocycles. The summed E-state index contributed by atoms with van der Waals surface area (Å²) in [5.41, 5.74) is 1.40. The van der Waals surface area contributed by atoms with Crippen molar-refractivity contribution in [3.63, 3.8) is 0 Å². The molecular formula is C18H17N3O4S. The Morgan fingerprint density at radius 3 is 2.54 bits per heavy atom. The summed E-state index contributed by atoms with van der Waals surface area (Å²) in [6, 6.07) is 9.92. The topological polar surface area (TPSA) is 95.2 Å². The minimum atomic E-state index is -3.24. The standard InChI is InChI=1S/C18H17N3O4S/c1-26(22,23)15-7-5-12(6-8-15)17-20-18(25-21-17)13-9-10-19-16(11-13)24-14-3-2-4-14/h5-11,14H,2-4H2,1H3. The van der Waals surface area contributed by atoms with E-state index >= 15 is 0 Å². The fourth-order valence-corrected chi connectivity index (χ4v) is 3.21. The van der Waals surface area contributed by atoms with Gasteiger partial charge in [0.2, 0.25) is 11.7 Å². The molecule has 1 aliphatic rings. The average molecular weight is 371 g/mol. The van der Waals surface area contributed by atoms with Crippen molar-refractivity contribution in [1.82, 2.24) is 15.1 Å². The van der Waals surface area contributed by atoms with Crippen LogP contribution in [0.15, 0.2) is 52.0 Å². The first-order chi connectivity index (χ1) is 12.5. The van der Waals surface area contributed by atoms with E-state index in [1.807, 2.05) is 0 Å². The van der Waals surface area contributed by atoms with Gasteiger partial charge in [0.25, 0.3) is 5.89 Å². The lowest BCUT2D eigenvalue weighted by Crippen LogP contribution is -2.24. The molecule has 1 aliphatic carbocycles. The molecule has 1 saturated carbocycles. The zero-order valence-corrected chi connectivity index (χ0v) is 14.9. The van der Waals surface area contributed by atoms with Crippen LogP contribution in [0.25, 0.3) is 22.8 Å². The molecule has 0 radical (unpaired) electrons. The Labute approximate surface area is 151 Å². The number of ether oxygens (including phenoxy) is 1. The molecular weight excluding hydrogens is 354 g/mol. The second-order valence-corrected chi connectivity index (χ2v) is 8.29. The number of aromatic nitrogens is 3. The van der Waals surface area contributed by atoms with Crippen LogP contribution in [-0.2, 0) is 9.84 Å². The van der Waals surface area contributed by atoms with E-state index in [0.29, 0.717) is 23.2 Å². The lowest BCUT2D eigenvalue weighted by Gasteiger charge is -2.25. The summed E-state index contributed by atoms with van der Waals surface area (Å²) in [4.78, 5) is 8.85. The highest BCUT2D eigenvalue weighted by Gasteiger charge is 2.20. The third kappa shape index (κ3) is 3.45. The van der Waals surface area contributed by atoms with Gasteiger partial charge in [-0.15, -0.1) is 0 Å². The first kappa shape index (κ1) is 16.7. The number of hydrogen-bond acceptors (Lipinski definition) is 7. The highest BCUT2D eigenvalue weighted by atomic mass is 32.2. The second kappa shape index (κ2) is 6.53. The SMILES string of the molecule is CS(=O)(=O)c1ccc(-c2noc(-c3ccnc(OC4CCC4)c3)n2)cc1. The Kier molecular flexibility index (Phi) is 4.20. The summed E-state index contributed by atoms with van der Waals surface area (Å²) in [5, 5.41) is 3.98. The van der Waals surface area contributed by atoms with Crippen LogP contribution in [-0.4, -0.2) is 35.9 Å². The van der Waals surface area contributed by atoms with E-state index in [1.54, 1.807) is 30.5 Å². The van der Waals surface area contributed by atoms with Crippen molar-refractivity contribution in [2.24, 2.45) is 0 Å². The molecule has 0 aliphatic heterocycles. The molecule has 0 amide bonds. The van der Waals surface area contributed by atoms with Crippen molar-refractivity contribution >= 4 is 9.84 Å². The molecule has 0 unspecified atom stereocenters. The third-order valence-electron chi connectivity index (χ3n) is 4.29. The monoisotopic (exact) mass is 371 g/mol. The van der Waals surface area contributed by atoms with E-state index < -0.39 is 9.84 Å². The van der Waals surface area contributed by atoms with Gasteiger partial charge in [-0.3, -0.25) is 0 Å². The van der Waals surface area contributed by atoms with Crippen LogP contribution < -0.4 is 4.74 Å². The highest BCUT2D eigenvalue weighted by molar-refractivity contribution is 7.90. The van der Waals surface area contributed by atoms with Gasteiger partial charge >= 0.3 is 0 Å².